The fraction of sp³-hybridized carbons (Fsp3) is 0.538. The molecule has 0 saturated carbocycles. The van der Waals surface area contributed by atoms with Gasteiger partial charge in [0, 0.05) is 13.1 Å². The predicted octanol–water partition coefficient (Wildman–Crippen LogP) is 2.14. The van der Waals surface area contributed by atoms with Crippen LogP contribution in [0.15, 0.2) is 30.3 Å². The Balaban J connectivity index is 2.39. The van der Waals surface area contributed by atoms with Gasteiger partial charge < -0.3 is 5.11 Å². The van der Waals surface area contributed by atoms with E-state index in [2.05, 4.69) is 17.0 Å². The van der Waals surface area contributed by atoms with Gasteiger partial charge in [0.1, 0.15) is 0 Å². The first-order valence-electron chi connectivity index (χ1n) is 5.50. The Kier molecular flexibility index (Phi) is 4.79. The molecule has 0 aliphatic rings. The van der Waals surface area contributed by atoms with Crippen LogP contribution in [0.1, 0.15) is 19.4 Å². The fourth-order valence-electron chi connectivity index (χ4n) is 1.49. The molecule has 2 nitrogen and oxygen atoms in total. The van der Waals surface area contributed by atoms with E-state index >= 15 is 0 Å². The lowest BCUT2D eigenvalue weighted by atomic mass is 10.1. The van der Waals surface area contributed by atoms with Gasteiger partial charge in [-0.3, -0.25) is 4.90 Å². The van der Waals surface area contributed by atoms with Crippen LogP contribution in [0, 0.1) is 5.92 Å². The largest absolute Gasteiger partial charge is 0.392 e. The lowest BCUT2D eigenvalue weighted by Crippen LogP contribution is -2.31. The smallest absolute Gasteiger partial charge is 0.0689 e. The van der Waals surface area contributed by atoms with E-state index in [1.807, 2.05) is 39.1 Å². The number of aliphatic hydroxyl groups is 1. The van der Waals surface area contributed by atoms with E-state index in [4.69, 9.17) is 0 Å². The van der Waals surface area contributed by atoms with Crippen molar-refractivity contribution in [1.29, 1.82) is 0 Å². The molecule has 0 saturated heterocycles. The van der Waals surface area contributed by atoms with Crippen molar-refractivity contribution in [2.45, 2.75) is 26.5 Å². The highest BCUT2D eigenvalue weighted by Gasteiger charge is 2.11. The minimum atomic E-state index is -0.237. The molecule has 2 heteroatoms. The minimum Gasteiger partial charge on any atom is -0.392 e. The van der Waals surface area contributed by atoms with Crippen molar-refractivity contribution in [3.8, 4) is 0 Å². The highest BCUT2D eigenvalue weighted by Crippen LogP contribution is 2.06. The van der Waals surface area contributed by atoms with E-state index in [1.54, 1.807) is 0 Å². The summed E-state index contributed by atoms with van der Waals surface area (Å²) in [7, 11) is 2.04. The first-order valence-corrected chi connectivity index (χ1v) is 5.50. The summed E-state index contributed by atoms with van der Waals surface area (Å²) >= 11 is 0. The second-order valence-electron chi connectivity index (χ2n) is 4.49. The SMILES string of the molecule is CC(C)C(O)CN(C)Cc1ccccc1. The molecule has 15 heavy (non-hydrogen) atoms. The number of nitrogens with zero attached hydrogens (tertiary/aromatic N) is 1. The molecule has 0 amide bonds. The molecule has 1 N–H and O–H groups in total. The quantitative estimate of drug-likeness (QED) is 0.799. The molecule has 0 spiro atoms. The summed E-state index contributed by atoms with van der Waals surface area (Å²) in [5.74, 6) is 0.322. The van der Waals surface area contributed by atoms with Gasteiger partial charge in [0.05, 0.1) is 6.10 Å². The third-order valence-corrected chi connectivity index (χ3v) is 2.56. The van der Waals surface area contributed by atoms with Crippen LogP contribution in [0.25, 0.3) is 0 Å². The van der Waals surface area contributed by atoms with Crippen LogP contribution in [0.3, 0.4) is 0 Å². The monoisotopic (exact) mass is 207 g/mol. The van der Waals surface area contributed by atoms with E-state index in [9.17, 15) is 5.11 Å². The fourth-order valence-corrected chi connectivity index (χ4v) is 1.49. The molecular formula is C13H21NO. The van der Waals surface area contributed by atoms with Gasteiger partial charge in [-0.15, -0.1) is 0 Å². The zero-order valence-corrected chi connectivity index (χ0v) is 9.85. The van der Waals surface area contributed by atoms with Crippen LogP contribution >= 0.6 is 0 Å². The lowest BCUT2D eigenvalue weighted by Gasteiger charge is -2.22. The van der Waals surface area contributed by atoms with Crippen LogP contribution in [0.4, 0.5) is 0 Å². The Morgan fingerprint density at radius 3 is 2.33 bits per heavy atom. The Labute approximate surface area is 92.5 Å². The van der Waals surface area contributed by atoms with Crippen molar-refractivity contribution in [3.63, 3.8) is 0 Å². The molecule has 0 radical (unpaired) electrons. The van der Waals surface area contributed by atoms with Crippen LogP contribution in [0.5, 0.6) is 0 Å². The molecule has 1 rings (SSSR count). The molecule has 0 fully saturated rings. The van der Waals surface area contributed by atoms with Gasteiger partial charge in [0.25, 0.3) is 0 Å². The van der Waals surface area contributed by atoms with E-state index in [0.29, 0.717) is 5.92 Å². The zero-order valence-electron chi connectivity index (χ0n) is 9.85. The third kappa shape index (κ3) is 4.45. The topological polar surface area (TPSA) is 23.5 Å². The number of hydrogen-bond donors (Lipinski definition) is 1. The molecule has 84 valence electrons. The summed E-state index contributed by atoms with van der Waals surface area (Å²) in [4.78, 5) is 2.15. The number of likely N-dealkylation sites (N-methyl/N-ethyl adjacent to an activating group) is 1. The van der Waals surface area contributed by atoms with Gasteiger partial charge >= 0.3 is 0 Å². The summed E-state index contributed by atoms with van der Waals surface area (Å²) in [5, 5.41) is 9.73. The van der Waals surface area contributed by atoms with Crippen molar-refractivity contribution in [2.24, 2.45) is 5.92 Å². The average molecular weight is 207 g/mol. The Morgan fingerprint density at radius 2 is 1.80 bits per heavy atom. The molecule has 1 aromatic carbocycles. The van der Waals surface area contributed by atoms with Crippen molar-refractivity contribution in [1.82, 2.24) is 4.90 Å². The molecule has 1 atom stereocenters. The molecule has 0 aromatic heterocycles. The van der Waals surface area contributed by atoms with E-state index in [0.717, 1.165) is 13.1 Å². The summed E-state index contributed by atoms with van der Waals surface area (Å²) in [6.07, 6.45) is -0.237. The molecule has 1 unspecified atom stereocenters. The van der Waals surface area contributed by atoms with Gasteiger partial charge in [0.15, 0.2) is 0 Å². The normalized spacial score (nSPS) is 13.5. The molecule has 1 aromatic rings. The summed E-state index contributed by atoms with van der Waals surface area (Å²) in [6, 6.07) is 10.3. The summed E-state index contributed by atoms with van der Waals surface area (Å²) in [5.41, 5.74) is 1.29. The second-order valence-corrected chi connectivity index (χ2v) is 4.49. The molecule has 0 aliphatic carbocycles. The molecule has 0 aliphatic heterocycles. The molecule has 0 bridgehead atoms. The third-order valence-electron chi connectivity index (χ3n) is 2.56. The van der Waals surface area contributed by atoms with E-state index < -0.39 is 0 Å². The number of benzene rings is 1. The van der Waals surface area contributed by atoms with Crippen LogP contribution < -0.4 is 0 Å². The van der Waals surface area contributed by atoms with Crippen LogP contribution in [0.2, 0.25) is 0 Å². The first-order chi connectivity index (χ1) is 7.09. The maximum Gasteiger partial charge on any atom is 0.0689 e. The van der Waals surface area contributed by atoms with E-state index in [-0.39, 0.29) is 6.10 Å². The van der Waals surface area contributed by atoms with Gasteiger partial charge in [-0.25, -0.2) is 0 Å². The van der Waals surface area contributed by atoms with Gasteiger partial charge in [-0.2, -0.15) is 0 Å². The predicted molar refractivity (Wildman–Crippen MR) is 63.6 cm³/mol. The first kappa shape index (κ1) is 12.2. The van der Waals surface area contributed by atoms with Crippen molar-refractivity contribution in [2.75, 3.05) is 13.6 Å². The van der Waals surface area contributed by atoms with Crippen LogP contribution in [-0.4, -0.2) is 29.7 Å². The van der Waals surface area contributed by atoms with Crippen molar-refractivity contribution in [3.05, 3.63) is 35.9 Å². The van der Waals surface area contributed by atoms with Crippen LogP contribution in [-0.2, 0) is 6.54 Å². The highest BCUT2D eigenvalue weighted by atomic mass is 16.3. The Bertz CT molecular complexity index is 271. The maximum absolute atomic E-state index is 9.73. The average Bonchev–Trinajstić information content (AvgIpc) is 2.18. The Hall–Kier alpha value is -0.860. The number of rotatable bonds is 5. The molecule has 0 heterocycles. The van der Waals surface area contributed by atoms with Gasteiger partial charge in [-0.05, 0) is 18.5 Å². The standard InChI is InChI=1S/C13H21NO/c1-11(2)13(15)10-14(3)9-12-7-5-4-6-8-12/h4-8,11,13,15H,9-10H2,1-3H3. The molecular weight excluding hydrogens is 186 g/mol. The van der Waals surface area contributed by atoms with E-state index in [1.165, 1.54) is 5.56 Å². The van der Waals surface area contributed by atoms with Crippen molar-refractivity contribution >= 4 is 0 Å². The number of aliphatic hydroxyl groups excluding tert-OH is 1. The maximum atomic E-state index is 9.73. The zero-order chi connectivity index (χ0) is 11.3. The highest BCUT2D eigenvalue weighted by molar-refractivity contribution is 5.14. The van der Waals surface area contributed by atoms with Gasteiger partial charge in [-0.1, -0.05) is 44.2 Å². The van der Waals surface area contributed by atoms with Gasteiger partial charge in [0.2, 0.25) is 0 Å². The second kappa shape index (κ2) is 5.89. The summed E-state index contributed by atoms with van der Waals surface area (Å²) < 4.78 is 0. The number of hydrogen-bond acceptors (Lipinski definition) is 2. The minimum absolute atomic E-state index is 0.237. The summed E-state index contributed by atoms with van der Waals surface area (Å²) in [6.45, 7) is 5.71. The van der Waals surface area contributed by atoms with Crippen molar-refractivity contribution < 1.29 is 5.11 Å². The Morgan fingerprint density at radius 1 is 1.20 bits per heavy atom. The lowest BCUT2D eigenvalue weighted by molar-refractivity contribution is 0.0838.